The first-order chi connectivity index (χ1) is 10.5. The molecular formula is C13H16N2O5S2. The number of furan rings is 1. The van der Waals surface area contributed by atoms with Crippen LogP contribution in [0.25, 0.3) is 0 Å². The molecule has 0 aliphatic rings. The molecule has 0 fully saturated rings. The van der Waals surface area contributed by atoms with Gasteiger partial charge in [-0.2, -0.15) is 0 Å². The van der Waals surface area contributed by atoms with Gasteiger partial charge in [-0.15, -0.1) is 11.3 Å². The molecule has 2 heterocycles. The normalized spacial score (nSPS) is 11.5. The highest BCUT2D eigenvalue weighted by atomic mass is 32.2. The lowest BCUT2D eigenvalue weighted by atomic mass is 10.4. The van der Waals surface area contributed by atoms with Crippen LogP contribution in [-0.2, 0) is 21.3 Å². The maximum atomic E-state index is 12.1. The number of ether oxygens (including phenoxy) is 1. The number of carbonyl (C=O) groups excluding carboxylic acids is 1. The monoisotopic (exact) mass is 344 g/mol. The number of hydrogen-bond acceptors (Lipinski definition) is 6. The second kappa shape index (κ2) is 7.54. The zero-order valence-electron chi connectivity index (χ0n) is 11.9. The molecule has 0 atom stereocenters. The van der Waals surface area contributed by atoms with Crippen LogP contribution in [0.5, 0.6) is 0 Å². The van der Waals surface area contributed by atoms with Crippen molar-refractivity contribution in [1.82, 2.24) is 10.0 Å². The van der Waals surface area contributed by atoms with E-state index in [4.69, 9.17) is 9.15 Å². The van der Waals surface area contributed by atoms with Gasteiger partial charge in [-0.05, 0) is 23.6 Å². The van der Waals surface area contributed by atoms with Crippen LogP contribution < -0.4 is 10.0 Å². The fourth-order valence-electron chi connectivity index (χ4n) is 1.59. The number of sulfonamides is 1. The van der Waals surface area contributed by atoms with Crippen LogP contribution in [0.15, 0.2) is 39.2 Å². The zero-order chi connectivity index (χ0) is 16.0. The molecule has 0 spiro atoms. The summed E-state index contributed by atoms with van der Waals surface area (Å²) >= 11 is 1.45. The van der Waals surface area contributed by atoms with Gasteiger partial charge in [0.1, 0.15) is 0 Å². The molecule has 0 aliphatic carbocycles. The van der Waals surface area contributed by atoms with Gasteiger partial charge < -0.3 is 14.5 Å². The number of rotatable bonds is 8. The highest BCUT2D eigenvalue weighted by molar-refractivity contribution is 7.89. The van der Waals surface area contributed by atoms with Crippen molar-refractivity contribution in [3.63, 3.8) is 0 Å². The van der Waals surface area contributed by atoms with E-state index in [-0.39, 0.29) is 17.4 Å². The van der Waals surface area contributed by atoms with Gasteiger partial charge >= 0.3 is 0 Å². The predicted octanol–water partition coefficient (Wildman–Crippen LogP) is 1.20. The van der Waals surface area contributed by atoms with Crippen molar-refractivity contribution in [2.45, 2.75) is 11.6 Å². The SMILES string of the molecule is COCCNC(=O)c1ccc(S(=O)(=O)NCc2cccs2)o1. The van der Waals surface area contributed by atoms with Gasteiger partial charge in [0.2, 0.25) is 5.09 Å². The minimum Gasteiger partial charge on any atom is -0.438 e. The maximum Gasteiger partial charge on any atom is 0.287 e. The molecule has 2 rings (SSSR count). The Kier molecular flexibility index (Phi) is 5.72. The molecule has 0 aromatic carbocycles. The number of nitrogens with one attached hydrogen (secondary N) is 2. The van der Waals surface area contributed by atoms with Gasteiger partial charge in [0, 0.05) is 25.1 Å². The molecule has 7 nitrogen and oxygen atoms in total. The molecule has 2 aromatic rings. The van der Waals surface area contributed by atoms with E-state index in [0.717, 1.165) is 4.88 Å². The van der Waals surface area contributed by atoms with E-state index in [0.29, 0.717) is 13.2 Å². The van der Waals surface area contributed by atoms with Gasteiger partial charge in [0.25, 0.3) is 15.9 Å². The third kappa shape index (κ3) is 4.41. The number of hydrogen-bond donors (Lipinski definition) is 2. The van der Waals surface area contributed by atoms with Crippen molar-refractivity contribution in [3.8, 4) is 0 Å². The molecule has 1 amide bonds. The number of methoxy groups -OCH3 is 1. The Hall–Kier alpha value is -1.68. The van der Waals surface area contributed by atoms with Crippen molar-refractivity contribution in [3.05, 3.63) is 40.3 Å². The zero-order valence-corrected chi connectivity index (χ0v) is 13.5. The van der Waals surface area contributed by atoms with Gasteiger partial charge in [0.05, 0.1) is 6.61 Å². The molecule has 2 N–H and O–H groups in total. The first-order valence-electron chi connectivity index (χ1n) is 6.42. The van der Waals surface area contributed by atoms with E-state index in [9.17, 15) is 13.2 Å². The highest BCUT2D eigenvalue weighted by Crippen LogP contribution is 2.15. The van der Waals surface area contributed by atoms with Crippen LogP contribution in [0.1, 0.15) is 15.4 Å². The molecule has 120 valence electrons. The third-order valence-electron chi connectivity index (χ3n) is 2.68. The van der Waals surface area contributed by atoms with Crippen LogP contribution in [0, 0.1) is 0 Å². The molecular weight excluding hydrogens is 328 g/mol. The van der Waals surface area contributed by atoms with Crippen molar-refractivity contribution < 1.29 is 22.4 Å². The lowest BCUT2D eigenvalue weighted by molar-refractivity contribution is 0.0904. The standard InChI is InChI=1S/C13H16N2O5S2/c1-19-7-6-14-13(16)11-4-5-12(20-11)22(17,18)15-9-10-3-2-8-21-10/h2-5,8,15H,6-7,9H2,1H3,(H,14,16). The van der Waals surface area contributed by atoms with Gasteiger partial charge in [0.15, 0.2) is 5.76 Å². The molecule has 22 heavy (non-hydrogen) atoms. The summed E-state index contributed by atoms with van der Waals surface area (Å²) in [7, 11) is -2.27. The van der Waals surface area contributed by atoms with Crippen LogP contribution in [-0.4, -0.2) is 34.6 Å². The highest BCUT2D eigenvalue weighted by Gasteiger charge is 2.21. The first-order valence-corrected chi connectivity index (χ1v) is 8.78. The first kappa shape index (κ1) is 16.7. The molecule has 0 unspecified atom stereocenters. The maximum absolute atomic E-state index is 12.1. The second-order valence-corrected chi connectivity index (χ2v) is 7.00. The lowest BCUT2D eigenvalue weighted by Crippen LogP contribution is -2.26. The summed E-state index contributed by atoms with van der Waals surface area (Å²) in [4.78, 5) is 12.6. The van der Waals surface area contributed by atoms with E-state index in [1.165, 1.54) is 30.6 Å². The topological polar surface area (TPSA) is 97.6 Å². The summed E-state index contributed by atoms with van der Waals surface area (Å²) < 4.78 is 36.5. The van der Waals surface area contributed by atoms with E-state index in [1.807, 2.05) is 17.5 Å². The molecule has 0 aliphatic heterocycles. The minimum atomic E-state index is -3.79. The fourth-order valence-corrected chi connectivity index (χ4v) is 3.26. The third-order valence-corrected chi connectivity index (χ3v) is 4.83. The van der Waals surface area contributed by atoms with Crippen molar-refractivity contribution in [1.29, 1.82) is 0 Å². The Bertz CT molecular complexity index is 707. The molecule has 0 saturated carbocycles. The molecule has 0 saturated heterocycles. The van der Waals surface area contributed by atoms with Crippen molar-refractivity contribution in [2.75, 3.05) is 20.3 Å². The summed E-state index contributed by atoms with van der Waals surface area (Å²) in [5.41, 5.74) is 0. The Morgan fingerprint density at radius 2 is 2.18 bits per heavy atom. The molecule has 2 aromatic heterocycles. The van der Waals surface area contributed by atoms with Crippen molar-refractivity contribution in [2.24, 2.45) is 0 Å². The quantitative estimate of drug-likeness (QED) is 0.701. The van der Waals surface area contributed by atoms with E-state index in [1.54, 1.807) is 0 Å². The van der Waals surface area contributed by atoms with Crippen LogP contribution in [0.3, 0.4) is 0 Å². The van der Waals surface area contributed by atoms with Gasteiger partial charge in [-0.1, -0.05) is 6.07 Å². The largest absolute Gasteiger partial charge is 0.438 e. The Labute approximate surface area is 132 Å². The fraction of sp³-hybridized carbons (Fsp3) is 0.308. The average Bonchev–Trinajstić information content (AvgIpc) is 3.17. The van der Waals surface area contributed by atoms with E-state index < -0.39 is 15.9 Å². The summed E-state index contributed by atoms with van der Waals surface area (Å²) in [6.45, 7) is 0.852. The summed E-state index contributed by atoms with van der Waals surface area (Å²) in [5.74, 6) is -0.552. The van der Waals surface area contributed by atoms with E-state index >= 15 is 0 Å². The Morgan fingerprint density at radius 1 is 1.36 bits per heavy atom. The van der Waals surface area contributed by atoms with Crippen LogP contribution >= 0.6 is 11.3 Å². The van der Waals surface area contributed by atoms with Crippen LogP contribution in [0.4, 0.5) is 0 Å². The minimum absolute atomic E-state index is 0.0624. The van der Waals surface area contributed by atoms with E-state index in [2.05, 4.69) is 10.0 Å². The predicted molar refractivity (Wildman–Crippen MR) is 81.3 cm³/mol. The molecule has 9 heteroatoms. The van der Waals surface area contributed by atoms with Gasteiger partial charge in [-0.3, -0.25) is 4.79 Å². The van der Waals surface area contributed by atoms with Crippen LogP contribution in [0.2, 0.25) is 0 Å². The summed E-state index contributed by atoms with van der Waals surface area (Å²) in [6.07, 6.45) is 0. The summed E-state index contributed by atoms with van der Waals surface area (Å²) in [5, 5.41) is 4.12. The average molecular weight is 344 g/mol. The smallest absolute Gasteiger partial charge is 0.287 e. The molecule has 0 radical (unpaired) electrons. The lowest BCUT2D eigenvalue weighted by Gasteiger charge is -2.03. The van der Waals surface area contributed by atoms with Gasteiger partial charge in [-0.25, -0.2) is 13.1 Å². The Morgan fingerprint density at radius 3 is 2.86 bits per heavy atom. The number of carbonyl (C=O) groups is 1. The number of amides is 1. The summed E-state index contributed by atoms with van der Waals surface area (Å²) in [6, 6.07) is 6.23. The Balaban J connectivity index is 1.98. The van der Waals surface area contributed by atoms with Crippen molar-refractivity contribution >= 4 is 27.3 Å². The molecule has 0 bridgehead atoms. The second-order valence-electron chi connectivity index (χ2n) is 4.27. The number of thiophene rings is 1.